The van der Waals surface area contributed by atoms with Gasteiger partial charge in [0.05, 0.1) is 14.2 Å². The molecule has 3 aromatic rings. The second kappa shape index (κ2) is 9.56. The van der Waals surface area contributed by atoms with Crippen molar-refractivity contribution in [2.75, 3.05) is 14.2 Å². The average molecular weight is 445 g/mol. The highest BCUT2D eigenvalue weighted by Gasteiger charge is 2.47. The maximum atomic E-state index is 13.0. The number of benzene rings is 3. The van der Waals surface area contributed by atoms with E-state index in [0.717, 1.165) is 16.7 Å². The average Bonchev–Trinajstić information content (AvgIpc) is 3.13. The number of carbonyl (C=O) groups excluding carboxylic acids is 2. The Morgan fingerprint density at radius 3 is 2.39 bits per heavy atom. The fraction of sp³-hybridized carbons (Fsp3) is 0.192. The normalized spacial score (nSPS) is 18.6. The predicted molar refractivity (Wildman–Crippen MR) is 125 cm³/mol. The third-order valence-electron chi connectivity index (χ3n) is 5.54. The Kier molecular flexibility index (Phi) is 6.40. The molecule has 0 bridgehead atoms. The van der Waals surface area contributed by atoms with Crippen molar-refractivity contribution in [2.24, 2.45) is 0 Å². The van der Waals surface area contributed by atoms with Gasteiger partial charge in [0.25, 0.3) is 5.91 Å². The van der Waals surface area contributed by atoms with E-state index in [1.807, 2.05) is 73.8 Å². The van der Waals surface area contributed by atoms with E-state index < -0.39 is 12.1 Å². The topological polar surface area (TPSA) is 79.7 Å². The summed E-state index contributed by atoms with van der Waals surface area (Å²) in [4.78, 5) is 26.0. The van der Waals surface area contributed by atoms with E-state index in [4.69, 9.17) is 9.47 Å². The molecule has 0 spiro atoms. The number of rotatable bonds is 6. The number of ether oxygens (including phenoxy) is 2. The monoisotopic (exact) mass is 444 g/mol. The van der Waals surface area contributed by atoms with Gasteiger partial charge in [-0.15, -0.1) is 10.1 Å². The lowest BCUT2D eigenvalue weighted by molar-refractivity contribution is -0.596. The Balaban J connectivity index is 1.71. The number of carbonyl (C=O) groups is 2. The van der Waals surface area contributed by atoms with E-state index >= 15 is 0 Å². The van der Waals surface area contributed by atoms with Crippen LogP contribution in [0.2, 0.25) is 0 Å². The molecule has 1 saturated heterocycles. The van der Waals surface area contributed by atoms with Crippen LogP contribution in [0.15, 0.2) is 72.8 Å². The molecule has 1 fully saturated rings. The molecule has 1 aliphatic rings. The van der Waals surface area contributed by atoms with Crippen LogP contribution in [0.4, 0.5) is 0 Å². The van der Waals surface area contributed by atoms with E-state index in [0.29, 0.717) is 17.1 Å². The van der Waals surface area contributed by atoms with E-state index in [1.54, 1.807) is 31.0 Å². The zero-order valence-corrected chi connectivity index (χ0v) is 18.7. The van der Waals surface area contributed by atoms with Crippen LogP contribution < -0.4 is 20.2 Å². The summed E-state index contributed by atoms with van der Waals surface area (Å²) in [6.07, 6.45) is 1.83. The van der Waals surface area contributed by atoms with Gasteiger partial charge in [0.1, 0.15) is 11.5 Å². The zero-order chi connectivity index (χ0) is 23.4. The molecule has 2 amide bonds. The maximum Gasteiger partial charge on any atom is 0.304 e. The van der Waals surface area contributed by atoms with Gasteiger partial charge in [0.15, 0.2) is 6.04 Å². The van der Waals surface area contributed by atoms with Gasteiger partial charge in [0.2, 0.25) is 12.3 Å². The van der Waals surface area contributed by atoms with Crippen LogP contribution in [0.1, 0.15) is 33.1 Å². The van der Waals surface area contributed by atoms with Crippen LogP contribution in [0.3, 0.4) is 0 Å². The summed E-state index contributed by atoms with van der Waals surface area (Å²) in [5.74, 6) is 0.816. The number of nitrogens with zero attached hydrogens (tertiary/aromatic N) is 1. The first kappa shape index (κ1) is 22.1. The molecule has 0 saturated carbocycles. The summed E-state index contributed by atoms with van der Waals surface area (Å²) in [5, 5.41) is 2.92. The van der Waals surface area contributed by atoms with Crippen LogP contribution in [-0.2, 0) is 4.79 Å². The molecule has 0 aromatic heterocycles. The van der Waals surface area contributed by atoms with Gasteiger partial charge in [-0.1, -0.05) is 23.8 Å². The van der Waals surface area contributed by atoms with Gasteiger partial charge in [-0.2, -0.15) is 0 Å². The second-order valence-corrected chi connectivity index (χ2v) is 7.83. The van der Waals surface area contributed by atoms with Gasteiger partial charge in [-0.05, 0) is 61.5 Å². The molecule has 0 unspecified atom stereocenters. The third-order valence-corrected chi connectivity index (χ3v) is 5.54. The Labute approximate surface area is 192 Å². The van der Waals surface area contributed by atoms with Crippen molar-refractivity contribution in [1.29, 1.82) is 0 Å². The molecule has 1 aliphatic heterocycles. The number of aryl methyl sites for hydroxylation is 1. The first-order valence-electron chi connectivity index (χ1n) is 10.6. The van der Waals surface area contributed by atoms with Crippen LogP contribution in [0.25, 0.3) is 0 Å². The number of nitrogens with one attached hydrogen (secondary N) is 2. The molecule has 3 aromatic carbocycles. The number of methoxy groups -OCH3 is 2. The first-order valence-corrected chi connectivity index (χ1v) is 10.6. The Hall–Kier alpha value is -4.13. The highest BCUT2D eigenvalue weighted by atomic mass is 16.5. The fourth-order valence-corrected chi connectivity index (χ4v) is 3.87. The highest BCUT2D eigenvalue weighted by molar-refractivity contribution is 5.98. The van der Waals surface area contributed by atoms with E-state index in [-0.39, 0.29) is 11.8 Å². The smallest absolute Gasteiger partial charge is 0.304 e. The summed E-state index contributed by atoms with van der Waals surface area (Å²) in [6, 6.07) is 21.0. The van der Waals surface area contributed by atoms with Gasteiger partial charge >= 0.3 is 5.91 Å². The Bertz CT molecular complexity index is 1200. The summed E-state index contributed by atoms with van der Waals surface area (Å²) in [6.45, 7) is 1.92. The molecular weight excluding hydrogens is 418 g/mol. The molecular formula is C26H26N3O4+. The lowest BCUT2D eigenvalue weighted by Crippen LogP contribution is -2.42. The van der Waals surface area contributed by atoms with E-state index in [2.05, 4.69) is 10.7 Å². The van der Waals surface area contributed by atoms with Crippen LogP contribution in [0, 0.1) is 6.92 Å². The van der Waals surface area contributed by atoms with E-state index in [9.17, 15) is 9.59 Å². The van der Waals surface area contributed by atoms with Gasteiger partial charge in [0, 0.05) is 16.7 Å². The summed E-state index contributed by atoms with van der Waals surface area (Å²) in [7, 11) is 3.21. The van der Waals surface area contributed by atoms with Crippen molar-refractivity contribution >= 4 is 18.0 Å². The van der Waals surface area contributed by atoms with Gasteiger partial charge in [-0.25, -0.2) is 0 Å². The van der Waals surface area contributed by atoms with Crippen molar-refractivity contribution in [3.8, 4) is 11.5 Å². The molecule has 7 nitrogen and oxygen atoms in total. The predicted octanol–water partition coefficient (Wildman–Crippen LogP) is 3.03. The fourth-order valence-electron chi connectivity index (χ4n) is 3.87. The molecule has 33 heavy (non-hydrogen) atoms. The SMILES string of the molecule is COc1ccc([C@@H]2[C@@H](NC(=O)c3cccc(C)c3)C(=O)N/[N+]2=C\c2cccc(OC)c2)cc1. The lowest BCUT2D eigenvalue weighted by Gasteiger charge is -2.15. The minimum absolute atomic E-state index is 0.295. The van der Waals surface area contributed by atoms with Crippen molar-refractivity contribution in [2.45, 2.75) is 19.0 Å². The number of hydrogen-bond donors (Lipinski definition) is 2. The molecule has 0 radical (unpaired) electrons. The zero-order valence-electron chi connectivity index (χ0n) is 18.7. The first-order chi connectivity index (χ1) is 16.0. The summed E-state index contributed by atoms with van der Waals surface area (Å²) >= 11 is 0. The minimum Gasteiger partial charge on any atom is -0.497 e. The van der Waals surface area contributed by atoms with Crippen LogP contribution in [0.5, 0.6) is 11.5 Å². The van der Waals surface area contributed by atoms with Crippen molar-refractivity contribution in [3.63, 3.8) is 0 Å². The van der Waals surface area contributed by atoms with E-state index in [1.165, 1.54) is 0 Å². The molecule has 1 heterocycles. The third kappa shape index (κ3) is 4.87. The molecule has 7 heteroatoms. The molecule has 2 atom stereocenters. The number of hydrazine groups is 1. The molecule has 0 aliphatic carbocycles. The van der Waals surface area contributed by atoms with Crippen molar-refractivity contribution < 1.29 is 23.7 Å². The Morgan fingerprint density at radius 2 is 1.70 bits per heavy atom. The number of hydrazone groups is 1. The second-order valence-electron chi connectivity index (χ2n) is 7.83. The Morgan fingerprint density at radius 1 is 0.970 bits per heavy atom. The summed E-state index contributed by atoms with van der Waals surface area (Å²) < 4.78 is 12.3. The summed E-state index contributed by atoms with van der Waals surface area (Å²) in [5.41, 5.74) is 6.06. The quantitative estimate of drug-likeness (QED) is 0.573. The highest BCUT2D eigenvalue weighted by Crippen LogP contribution is 2.27. The number of hydrogen-bond acceptors (Lipinski definition) is 4. The molecule has 2 N–H and O–H groups in total. The van der Waals surface area contributed by atoms with Crippen LogP contribution in [-0.4, -0.2) is 43.0 Å². The number of amides is 2. The lowest BCUT2D eigenvalue weighted by atomic mass is 9.99. The van der Waals surface area contributed by atoms with Gasteiger partial charge in [-0.3, -0.25) is 9.59 Å². The van der Waals surface area contributed by atoms with Crippen molar-refractivity contribution in [3.05, 3.63) is 95.1 Å². The minimum atomic E-state index is -0.798. The largest absolute Gasteiger partial charge is 0.497 e. The molecule has 4 rings (SSSR count). The van der Waals surface area contributed by atoms with Gasteiger partial charge < -0.3 is 14.8 Å². The molecule has 168 valence electrons. The van der Waals surface area contributed by atoms with Crippen molar-refractivity contribution in [1.82, 2.24) is 10.7 Å². The standard InChI is InChI=1S/C26H25N3O4/c1-17-6-4-8-20(14-17)25(30)27-23-24(19-10-12-21(32-2)13-11-19)29(28-26(23)31)16-18-7-5-9-22(15-18)33-3/h4-16,23-24H,1-3H3,(H-,27,28,30,31)/p+1/b29-16-/t23-,24-/m1/s1. The maximum absolute atomic E-state index is 13.0. The van der Waals surface area contributed by atoms with Crippen LogP contribution >= 0.6 is 0 Å².